The van der Waals surface area contributed by atoms with Crippen LogP contribution in [0.4, 0.5) is 0 Å². The van der Waals surface area contributed by atoms with Crippen LogP contribution in [0.15, 0.2) is 24.3 Å². The molecule has 3 heteroatoms. The fraction of sp³-hybridized carbons (Fsp3) is 0.417. The van der Waals surface area contributed by atoms with Crippen LogP contribution in [0.5, 0.6) is 0 Å². The Kier molecular flexibility index (Phi) is 4.31. The predicted octanol–water partition coefficient (Wildman–Crippen LogP) is 1.03. The molecule has 0 aromatic heterocycles. The maximum atomic E-state index is 11.4. The first-order valence-corrected chi connectivity index (χ1v) is 5.09. The van der Waals surface area contributed by atoms with Crippen molar-refractivity contribution in [3.63, 3.8) is 0 Å². The summed E-state index contributed by atoms with van der Waals surface area (Å²) in [7, 11) is 0. The number of benzene rings is 1. The Balaban J connectivity index is 2.48. The molecule has 0 saturated carbocycles. The highest BCUT2D eigenvalue weighted by molar-refractivity contribution is 5.78. The van der Waals surface area contributed by atoms with E-state index in [1.54, 1.807) is 6.92 Å². The van der Waals surface area contributed by atoms with Gasteiger partial charge in [-0.05, 0) is 25.0 Å². The van der Waals surface area contributed by atoms with Crippen LogP contribution in [-0.4, -0.2) is 23.7 Å². The molecule has 0 spiro atoms. The topological polar surface area (TPSA) is 49.3 Å². The number of hydrogen-bond acceptors (Lipinski definition) is 2. The van der Waals surface area contributed by atoms with Crippen LogP contribution in [-0.2, 0) is 11.2 Å². The largest absolute Gasteiger partial charge is 0.392 e. The van der Waals surface area contributed by atoms with Crippen molar-refractivity contribution in [3.05, 3.63) is 35.4 Å². The molecular formula is C12H17NO2. The van der Waals surface area contributed by atoms with Crippen LogP contribution in [0.1, 0.15) is 18.1 Å². The number of aliphatic hydroxyl groups is 1. The van der Waals surface area contributed by atoms with Gasteiger partial charge < -0.3 is 10.4 Å². The zero-order valence-corrected chi connectivity index (χ0v) is 9.16. The number of carbonyl (C=O) groups excluding carboxylic acids is 1. The second-order valence-electron chi connectivity index (χ2n) is 3.76. The Morgan fingerprint density at radius 3 is 2.73 bits per heavy atom. The van der Waals surface area contributed by atoms with E-state index in [-0.39, 0.29) is 5.91 Å². The maximum absolute atomic E-state index is 11.4. The Morgan fingerprint density at radius 2 is 2.13 bits per heavy atom. The van der Waals surface area contributed by atoms with E-state index < -0.39 is 6.10 Å². The van der Waals surface area contributed by atoms with Crippen molar-refractivity contribution in [2.45, 2.75) is 26.4 Å². The molecule has 1 unspecified atom stereocenters. The van der Waals surface area contributed by atoms with Crippen LogP contribution in [0.25, 0.3) is 0 Å². The van der Waals surface area contributed by atoms with E-state index in [0.717, 1.165) is 11.1 Å². The summed E-state index contributed by atoms with van der Waals surface area (Å²) in [5, 5.41) is 11.7. The molecule has 0 aliphatic carbocycles. The number of aryl methyl sites for hydroxylation is 1. The summed E-state index contributed by atoms with van der Waals surface area (Å²) in [6, 6.07) is 7.80. The van der Waals surface area contributed by atoms with Crippen LogP contribution in [0, 0.1) is 6.92 Å². The van der Waals surface area contributed by atoms with E-state index in [9.17, 15) is 4.79 Å². The molecule has 0 saturated heterocycles. The summed E-state index contributed by atoms with van der Waals surface area (Å²) in [6.45, 7) is 3.94. The van der Waals surface area contributed by atoms with Gasteiger partial charge in [-0.3, -0.25) is 4.79 Å². The summed E-state index contributed by atoms with van der Waals surface area (Å²) < 4.78 is 0. The van der Waals surface area contributed by atoms with E-state index >= 15 is 0 Å². The zero-order chi connectivity index (χ0) is 11.3. The van der Waals surface area contributed by atoms with Gasteiger partial charge >= 0.3 is 0 Å². The summed E-state index contributed by atoms with van der Waals surface area (Å²) in [5.41, 5.74) is 2.14. The molecule has 0 heterocycles. The van der Waals surface area contributed by atoms with E-state index in [2.05, 4.69) is 5.32 Å². The van der Waals surface area contributed by atoms with Gasteiger partial charge in [0.15, 0.2) is 0 Å². The minimum atomic E-state index is -0.495. The first kappa shape index (κ1) is 11.7. The second-order valence-corrected chi connectivity index (χ2v) is 3.76. The first-order valence-electron chi connectivity index (χ1n) is 5.09. The van der Waals surface area contributed by atoms with Crippen LogP contribution in [0.3, 0.4) is 0 Å². The molecule has 1 atom stereocenters. The van der Waals surface area contributed by atoms with Gasteiger partial charge in [-0.25, -0.2) is 0 Å². The number of rotatable bonds is 4. The molecule has 82 valence electrons. The Bertz CT molecular complexity index is 334. The third-order valence-electron chi connectivity index (χ3n) is 2.21. The number of amides is 1. The van der Waals surface area contributed by atoms with Gasteiger partial charge in [0, 0.05) is 6.54 Å². The predicted molar refractivity (Wildman–Crippen MR) is 59.6 cm³/mol. The van der Waals surface area contributed by atoms with Crippen molar-refractivity contribution in [3.8, 4) is 0 Å². The molecule has 0 fully saturated rings. The fourth-order valence-corrected chi connectivity index (χ4v) is 1.31. The molecule has 3 nitrogen and oxygen atoms in total. The zero-order valence-electron chi connectivity index (χ0n) is 9.16. The molecule has 1 rings (SSSR count). The molecule has 0 bridgehead atoms. The highest BCUT2D eigenvalue weighted by Crippen LogP contribution is 2.07. The monoisotopic (exact) mass is 207 g/mol. The first-order chi connectivity index (χ1) is 7.09. The summed E-state index contributed by atoms with van der Waals surface area (Å²) in [5.74, 6) is -0.0507. The lowest BCUT2D eigenvalue weighted by molar-refractivity contribution is -0.120. The van der Waals surface area contributed by atoms with Gasteiger partial charge in [-0.15, -0.1) is 0 Å². The van der Waals surface area contributed by atoms with Gasteiger partial charge in [0.05, 0.1) is 12.5 Å². The van der Waals surface area contributed by atoms with Gasteiger partial charge in [0.25, 0.3) is 0 Å². The number of nitrogens with one attached hydrogen (secondary N) is 1. The minimum Gasteiger partial charge on any atom is -0.392 e. The number of hydrogen-bond donors (Lipinski definition) is 2. The Labute approximate surface area is 90.1 Å². The van der Waals surface area contributed by atoms with Gasteiger partial charge in [-0.2, -0.15) is 0 Å². The molecule has 1 aromatic rings. The summed E-state index contributed by atoms with van der Waals surface area (Å²) in [6.07, 6.45) is -0.120. The lowest BCUT2D eigenvalue weighted by Gasteiger charge is -2.08. The normalized spacial score (nSPS) is 12.2. The molecule has 0 radical (unpaired) electrons. The average Bonchev–Trinajstić information content (AvgIpc) is 2.18. The third-order valence-corrected chi connectivity index (χ3v) is 2.21. The molecule has 1 aromatic carbocycles. The molecule has 2 N–H and O–H groups in total. The quantitative estimate of drug-likeness (QED) is 0.775. The molecule has 1 amide bonds. The maximum Gasteiger partial charge on any atom is 0.224 e. The Morgan fingerprint density at radius 1 is 1.47 bits per heavy atom. The van der Waals surface area contributed by atoms with Crippen molar-refractivity contribution in [2.75, 3.05) is 6.54 Å². The second kappa shape index (κ2) is 5.51. The fourth-order valence-electron chi connectivity index (χ4n) is 1.31. The van der Waals surface area contributed by atoms with Crippen molar-refractivity contribution < 1.29 is 9.90 Å². The van der Waals surface area contributed by atoms with Crippen molar-refractivity contribution in [1.29, 1.82) is 0 Å². The van der Waals surface area contributed by atoms with Crippen LogP contribution < -0.4 is 5.32 Å². The molecular weight excluding hydrogens is 190 g/mol. The van der Waals surface area contributed by atoms with Gasteiger partial charge in [0.1, 0.15) is 0 Å². The van der Waals surface area contributed by atoms with E-state index in [4.69, 9.17) is 5.11 Å². The van der Waals surface area contributed by atoms with E-state index in [1.165, 1.54) is 0 Å². The van der Waals surface area contributed by atoms with Crippen molar-refractivity contribution in [2.24, 2.45) is 0 Å². The van der Waals surface area contributed by atoms with Crippen LogP contribution in [0.2, 0.25) is 0 Å². The minimum absolute atomic E-state index is 0.0507. The van der Waals surface area contributed by atoms with Crippen molar-refractivity contribution >= 4 is 5.91 Å². The third kappa shape index (κ3) is 4.13. The highest BCUT2D eigenvalue weighted by Gasteiger charge is 2.05. The van der Waals surface area contributed by atoms with E-state index in [0.29, 0.717) is 13.0 Å². The van der Waals surface area contributed by atoms with Crippen LogP contribution >= 0.6 is 0 Å². The van der Waals surface area contributed by atoms with E-state index in [1.807, 2.05) is 31.2 Å². The van der Waals surface area contributed by atoms with Gasteiger partial charge in [0.2, 0.25) is 5.91 Å². The van der Waals surface area contributed by atoms with Crippen molar-refractivity contribution in [1.82, 2.24) is 5.32 Å². The molecule has 15 heavy (non-hydrogen) atoms. The summed E-state index contributed by atoms with van der Waals surface area (Å²) >= 11 is 0. The Hall–Kier alpha value is -1.35. The smallest absolute Gasteiger partial charge is 0.224 e. The highest BCUT2D eigenvalue weighted by atomic mass is 16.3. The lowest BCUT2D eigenvalue weighted by atomic mass is 10.1. The molecule has 0 aliphatic rings. The lowest BCUT2D eigenvalue weighted by Crippen LogP contribution is -2.31. The number of aliphatic hydroxyl groups excluding tert-OH is 1. The SMILES string of the molecule is Cc1ccccc1CC(=O)NCC(C)O. The molecule has 0 aliphatic heterocycles. The number of carbonyl (C=O) groups is 1. The standard InChI is InChI=1S/C12H17NO2/c1-9-5-3-4-6-11(9)7-12(15)13-8-10(2)14/h3-6,10,14H,7-8H2,1-2H3,(H,13,15). The summed E-state index contributed by atoms with van der Waals surface area (Å²) in [4.78, 5) is 11.4. The average molecular weight is 207 g/mol. The van der Waals surface area contributed by atoms with Gasteiger partial charge in [-0.1, -0.05) is 24.3 Å².